The van der Waals surface area contributed by atoms with E-state index >= 15 is 0 Å². The van der Waals surface area contributed by atoms with E-state index in [-0.39, 0.29) is 12.0 Å². The molecule has 0 bridgehead atoms. The summed E-state index contributed by atoms with van der Waals surface area (Å²) in [6.45, 7) is 0.687. The van der Waals surface area contributed by atoms with Gasteiger partial charge in [-0.3, -0.25) is 4.79 Å². The van der Waals surface area contributed by atoms with Crippen LogP contribution in [0.25, 0.3) is 0 Å². The molecule has 3 nitrogen and oxygen atoms in total. The molecular weight excluding hydrogens is 294 g/mol. The van der Waals surface area contributed by atoms with E-state index < -0.39 is 0 Å². The van der Waals surface area contributed by atoms with E-state index in [0.717, 1.165) is 29.3 Å². The Morgan fingerprint density at radius 1 is 1.33 bits per heavy atom. The van der Waals surface area contributed by atoms with Gasteiger partial charge in [-0.25, -0.2) is 0 Å². The van der Waals surface area contributed by atoms with Crippen molar-refractivity contribution in [3.63, 3.8) is 0 Å². The minimum atomic E-state index is -0.168. The van der Waals surface area contributed by atoms with Crippen molar-refractivity contribution in [3.05, 3.63) is 34.3 Å². The zero-order valence-corrected chi connectivity index (χ0v) is 11.8. The third kappa shape index (κ3) is 4.10. The molecule has 2 unspecified atom stereocenters. The lowest BCUT2D eigenvalue weighted by Crippen LogP contribution is -2.29. The number of aliphatic hydroxyl groups is 1. The van der Waals surface area contributed by atoms with Gasteiger partial charge in [0.25, 0.3) is 0 Å². The van der Waals surface area contributed by atoms with Crippen molar-refractivity contribution in [1.29, 1.82) is 0 Å². The van der Waals surface area contributed by atoms with Crippen LogP contribution in [0.1, 0.15) is 24.8 Å². The monoisotopic (exact) mass is 311 g/mol. The molecule has 1 fully saturated rings. The molecular formula is C14H18BrNO2. The molecule has 4 heteroatoms. The Bertz CT molecular complexity index is 405. The SMILES string of the molecule is O=C(Cc1ccc(Br)cc1)NCC1CCC(O)C1. The standard InChI is InChI=1S/C14H18BrNO2/c15-12-4-1-10(2-5-12)8-14(18)16-9-11-3-6-13(17)7-11/h1-2,4-5,11,13,17H,3,6-9H2,(H,16,18). The van der Waals surface area contributed by atoms with Gasteiger partial charge >= 0.3 is 0 Å². The van der Waals surface area contributed by atoms with Crippen LogP contribution < -0.4 is 5.32 Å². The number of amides is 1. The smallest absolute Gasteiger partial charge is 0.224 e. The van der Waals surface area contributed by atoms with Gasteiger partial charge in [-0.2, -0.15) is 0 Å². The normalized spacial score (nSPS) is 23.0. The third-order valence-corrected chi connectivity index (χ3v) is 3.91. The van der Waals surface area contributed by atoms with Crippen molar-refractivity contribution in [3.8, 4) is 0 Å². The summed E-state index contributed by atoms with van der Waals surface area (Å²) >= 11 is 3.37. The van der Waals surface area contributed by atoms with Gasteiger partial charge in [-0.1, -0.05) is 28.1 Å². The van der Waals surface area contributed by atoms with Crippen LogP contribution in [0, 0.1) is 5.92 Å². The molecule has 1 aliphatic carbocycles. The van der Waals surface area contributed by atoms with Crippen molar-refractivity contribution in [1.82, 2.24) is 5.32 Å². The zero-order valence-electron chi connectivity index (χ0n) is 10.2. The van der Waals surface area contributed by atoms with Crippen LogP contribution >= 0.6 is 15.9 Å². The summed E-state index contributed by atoms with van der Waals surface area (Å²) in [4.78, 5) is 11.8. The molecule has 18 heavy (non-hydrogen) atoms. The molecule has 1 saturated carbocycles. The van der Waals surface area contributed by atoms with Crippen LogP contribution in [0.3, 0.4) is 0 Å². The van der Waals surface area contributed by atoms with E-state index in [1.165, 1.54) is 0 Å². The first-order valence-corrected chi connectivity index (χ1v) is 7.12. The Morgan fingerprint density at radius 3 is 2.67 bits per heavy atom. The molecule has 0 heterocycles. The highest BCUT2D eigenvalue weighted by molar-refractivity contribution is 9.10. The highest BCUT2D eigenvalue weighted by Crippen LogP contribution is 2.24. The van der Waals surface area contributed by atoms with Crippen molar-refractivity contribution >= 4 is 21.8 Å². The molecule has 1 amide bonds. The first-order chi connectivity index (χ1) is 8.63. The maximum Gasteiger partial charge on any atom is 0.224 e. The van der Waals surface area contributed by atoms with Crippen molar-refractivity contribution in [2.75, 3.05) is 6.54 Å². The number of halogens is 1. The van der Waals surface area contributed by atoms with E-state index in [9.17, 15) is 9.90 Å². The summed E-state index contributed by atoms with van der Waals surface area (Å²) < 4.78 is 1.02. The first kappa shape index (κ1) is 13.6. The molecule has 0 aliphatic heterocycles. The van der Waals surface area contributed by atoms with Crippen molar-refractivity contribution < 1.29 is 9.90 Å². The molecule has 0 radical (unpaired) electrons. The van der Waals surface area contributed by atoms with Gasteiger partial charge in [0.05, 0.1) is 12.5 Å². The van der Waals surface area contributed by atoms with Gasteiger partial charge in [-0.15, -0.1) is 0 Å². The van der Waals surface area contributed by atoms with Crippen molar-refractivity contribution in [2.24, 2.45) is 5.92 Å². The largest absolute Gasteiger partial charge is 0.393 e. The van der Waals surface area contributed by atoms with Crippen LogP contribution in [0.4, 0.5) is 0 Å². The number of nitrogens with one attached hydrogen (secondary N) is 1. The molecule has 1 aromatic rings. The van der Waals surface area contributed by atoms with Gasteiger partial charge in [0.2, 0.25) is 5.91 Å². The Kier molecular flexibility index (Phi) is 4.78. The van der Waals surface area contributed by atoms with Crippen LogP contribution in [0.5, 0.6) is 0 Å². The average Bonchev–Trinajstić information content (AvgIpc) is 2.76. The fourth-order valence-corrected chi connectivity index (χ4v) is 2.61. The van der Waals surface area contributed by atoms with E-state index in [1.54, 1.807) is 0 Å². The summed E-state index contributed by atoms with van der Waals surface area (Å²) in [7, 11) is 0. The predicted molar refractivity (Wildman–Crippen MR) is 74.2 cm³/mol. The fraction of sp³-hybridized carbons (Fsp3) is 0.500. The van der Waals surface area contributed by atoms with Gasteiger partial charge in [0.15, 0.2) is 0 Å². The predicted octanol–water partition coefficient (Wildman–Crippen LogP) is 2.27. The van der Waals surface area contributed by atoms with Gasteiger partial charge in [0, 0.05) is 11.0 Å². The van der Waals surface area contributed by atoms with E-state index in [1.807, 2.05) is 24.3 Å². The minimum Gasteiger partial charge on any atom is -0.393 e. The second-order valence-electron chi connectivity index (χ2n) is 4.94. The first-order valence-electron chi connectivity index (χ1n) is 6.32. The molecule has 2 rings (SSSR count). The second-order valence-corrected chi connectivity index (χ2v) is 5.86. The minimum absolute atomic E-state index is 0.0544. The van der Waals surface area contributed by atoms with E-state index in [2.05, 4.69) is 21.2 Å². The highest BCUT2D eigenvalue weighted by Gasteiger charge is 2.22. The fourth-order valence-electron chi connectivity index (χ4n) is 2.34. The Hall–Kier alpha value is -0.870. The lowest BCUT2D eigenvalue weighted by atomic mass is 10.1. The Balaban J connectivity index is 1.73. The summed E-state index contributed by atoms with van der Waals surface area (Å²) in [5, 5.41) is 12.4. The Labute approximate surface area is 116 Å². The number of aliphatic hydroxyl groups excluding tert-OH is 1. The quantitative estimate of drug-likeness (QED) is 0.896. The van der Waals surface area contributed by atoms with Crippen LogP contribution in [-0.2, 0) is 11.2 Å². The van der Waals surface area contributed by atoms with Gasteiger partial charge in [0.1, 0.15) is 0 Å². The molecule has 0 saturated heterocycles. The number of hydrogen-bond donors (Lipinski definition) is 2. The molecule has 2 atom stereocenters. The van der Waals surface area contributed by atoms with Crippen LogP contribution in [-0.4, -0.2) is 23.7 Å². The van der Waals surface area contributed by atoms with E-state index in [0.29, 0.717) is 18.9 Å². The maximum absolute atomic E-state index is 11.8. The number of benzene rings is 1. The molecule has 1 aliphatic rings. The summed E-state index contributed by atoms with van der Waals surface area (Å²) in [6, 6.07) is 7.78. The molecule has 98 valence electrons. The third-order valence-electron chi connectivity index (χ3n) is 3.38. The number of rotatable bonds is 4. The molecule has 1 aromatic carbocycles. The number of hydrogen-bond acceptors (Lipinski definition) is 2. The summed E-state index contributed by atoms with van der Waals surface area (Å²) in [6.07, 6.45) is 2.95. The van der Waals surface area contributed by atoms with Crippen LogP contribution in [0.15, 0.2) is 28.7 Å². The second kappa shape index (κ2) is 6.34. The average molecular weight is 312 g/mol. The maximum atomic E-state index is 11.8. The number of carbonyl (C=O) groups is 1. The molecule has 0 aromatic heterocycles. The Morgan fingerprint density at radius 2 is 2.06 bits per heavy atom. The number of carbonyl (C=O) groups excluding carboxylic acids is 1. The van der Waals surface area contributed by atoms with Crippen molar-refractivity contribution in [2.45, 2.75) is 31.8 Å². The highest BCUT2D eigenvalue weighted by atomic mass is 79.9. The topological polar surface area (TPSA) is 49.3 Å². The lowest BCUT2D eigenvalue weighted by molar-refractivity contribution is -0.120. The van der Waals surface area contributed by atoms with Crippen LogP contribution in [0.2, 0.25) is 0 Å². The summed E-state index contributed by atoms with van der Waals surface area (Å²) in [5.41, 5.74) is 1.02. The van der Waals surface area contributed by atoms with E-state index in [4.69, 9.17) is 0 Å². The van der Waals surface area contributed by atoms with Gasteiger partial charge in [-0.05, 0) is 42.9 Å². The lowest BCUT2D eigenvalue weighted by Gasteiger charge is -2.10. The summed E-state index contributed by atoms with van der Waals surface area (Å²) in [5.74, 6) is 0.493. The molecule has 0 spiro atoms. The van der Waals surface area contributed by atoms with Gasteiger partial charge < -0.3 is 10.4 Å². The molecule has 2 N–H and O–H groups in total. The zero-order chi connectivity index (χ0) is 13.0.